The van der Waals surface area contributed by atoms with Crippen LogP contribution >= 0.6 is 0 Å². The van der Waals surface area contributed by atoms with Crippen LogP contribution < -0.4 is 5.32 Å². The number of hydrogen-bond donors (Lipinski definition) is 1. The summed E-state index contributed by atoms with van der Waals surface area (Å²) in [6.45, 7) is 0.822. The number of fused-ring (bicyclic) bond motifs is 1. The lowest BCUT2D eigenvalue weighted by Gasteiger charge is -2.25. The van der Waals surface area contributed by atoms with Crippen LogP contribution in [0.5, 0.6) is 0 Å². The maximum absolute atomic E-state index is 5.54. The van der Waals surface area contributed by atoms with E-state index in [9.17, 15) is 0 Å². The molecule has 2 rings (SSSR count). The maximum atomic E-state index is 5.54. The van der Waals surface area contributed by atoms with Crippen molar-refractivity contribution in [2.75, 3.05) is 13.7 Å². The van der Waals surface area contributed by atoms with Crippen LogP contribution in [0.3, 0.4) is 0 Å². The molecule has 0 saturated heterocycles. The van der Waals surface area contributed by atoms with Gasteiger partial charge in [-0.15, -0.1) is 0 Å². The van der Waals surface area contributed by atoms with Gasteiger partial charge in [-0.3, -0.25) is 5.32 Å². The van der Waals surface area contributed by atoms with Crippen molar-refractivity contribution < 1.29 is 4.74 Å². The summed E-state index contributed by atoms with van der Waals surface area (Å²) >= 11 is 0. The zero-order valence-electron chi connectivity index (χ0n) is 7.21. The molecule has 0 amide bonds. The van der Waals surface area contributed by atoms with Crippen LogP contribution in [0, 0.1) is 0 Å². The molecule has 2 nitrogen and oxygen atoms in total. The van der Waals surface area contributed by atoms with Crippen LogP contribution in [0.15, 0.2) is 24.3 Å². The zero-order chi connectivity index (χ0) is 8.39. The summed E-state index contributed by atoms with van der Waals surface area (Å²) in [5, 5.41) is 3.14. The highest BCUT2D eigenvalue weighted by atomic mass is 16.5. The van der Waals surface area contributed by atoms with E-state index in [4.69, 9.17) is 4.74 Å². The monoisotopic (exact) mass is 163 g/mol. The van der Waals surface area contributed by atoms with E-state index in [2.05, 4.69) is 29.6 Å². The van der Waals surface area contributed by atoms with Gasteiger partial charge in [0.2, 0.25) is 0 Å². The molecule has 64 valence electrons. The highest BCUT2D eigenvalue weighted by molar-refractivity contribution is 5.30. The Kier molecular flexibility index (Phi) is 2.11. The van der Waals surface area contributed by atoms with Crippen molar-refractivity contribution >= 4 is 0 Å². The molecule has 1 aliphatic heterocycles. The van der Waals surface area contributed by atoms with Crippen molar-refractivity contribution in [2.45, 2.75) is 12.6 Å². The molecular formula is C10H13NO. The predicted molar refractivity (Wildman–Crippen MR) is 47.9 cm³/mol. The standard InChI is InChI=1S/C10H13NO/c1-11-10-9-5-3-2-4-8(9)6-7-12-10/h2-5,10-11H,6-7H2,1H3. The van der Waals surface area contributed by atoms with E-state index >= 15 is 0 Å². The highest BCUT2D eigenvalue weighted by Gasteiger charge is 2.17. The van der Waals surface area contributed by atoms with Gasteiger partial charge >= 0.3 is 0 Å². The summed E-state index contributed by atoms with van der Waals surface area (Å²) in [6.07, 6.45) is 1.13. The molecule has 1 N–H and O–H groups in total. The lowest BCUT2D eigenvalue weighted by molar-refractivity contribution is 0.0240. The third-order valence-electron chi connectivity index (χ3n) is 2.26. The fourth-order valence-corrected chi connectivity index (χ4v) is 1.63. The first-order valence-corrected chi connectivity index (χ1v) is 4.28. The first kappa shape index (κ1) is 7.77. The Morgan fingerprint density at radius 1 is 1.42 bits per heavy atom. The van der Waals surface area contributed by atoms with Crippen molar-refractivity contribution in [2.24, 2.45) is 0 Å². The molecule has 1 atom stereocenters. The molecule has 2 heteroatoms. The van der Waals surface area contributed by atoms with Gasteiger partial charge in [-0.25, -0.2) is 0 Å². The van der Waals surface area contributed by atoms with E-state index in [0.29, 0.717) is 0 Å². The SMILES string of the molecule is CNC1OCCc2ccccc21. The smallest absolute Gasteiger partial charge is 0.134 e. The maximum Gasteiger partial charge on any atom is 0.134 e. The molecule has 0 saturated carbocycles. The summed E-state index contributed by atoms with van der Waals surface area (Å²) in [7, 11) is 1.92. The quantitative estimate of drug-likeness (QED) is 0.677. The van der Waals surface area contributed by atoms with Gasteiger partial charge in [-0.1, -0.05) is 24.3 Å². The zero-order valence-corrected chi connectivity index (χ0v) is 7.21. The number of ether oxygens (including phenoxy) is 1. The van der Waals surface area contributed by atoms with Crippen LogP contribution in [0.1, 0.15) is 17.4 Å². The summed E-state index contributed by atoms with van der Waals surface area (Å²) < 4.78 is 5.54. The lowest BCUT2D eigenvalue weighted by Crippen LogP contribution is -2.25. The first-order chi connectivity index (χ1) is 5.92. The topological polar surface area (TPSA) is 21.3 Å². The van der Waals surface area contributed by atoms with Crippen molar-refractivity contribution in [1.29, 1.82) is 0 Å². The first-order valence-electron chi connectivity index (χ1n) is 4.28. The average Bonchev–Trinajstić information content (AvgIpc) is 2.17. The molecule has 1 aromatic carbocycles. The third-order valence-corrected chi connectivity index (χ3v) is 2.26. The second-order valence-electron chi connectivity index (χ2n) is 2.99. The molecule has 0 aromatic heterocycles. The fraction of sp³-hybridized carbons (Fsp3) is 0.400. The average molecular weight is 163 g/mol. The molecule has 1 aromatic rings. The summed E-state index contributed by atoms with van der Waals surface area (Å²) in [5.74, 6) is 0. The molecule has 1 heterocycles. The molecule has 0 radical (unpaired) electrons. The normalized spacial score (nSPS) is 21.9. The van der Waals surface area contributed by atoms with E-state index in [1.165, 1.54) is 11.1 Å². The van der Waals surface area contributed by atoms with Gasteiger partial charge in [0, 0.05) is 0 Å². The summed E-state index contributed by atoms with van der Waals surface area (Å²) in [5.41, 5.74) is 2.69. The minimum Gasteiger partial charge on any atom is -0.359 e. The second-order valence-corrected chi connectivity index (χ2v) is 2.99. The Hall–Kier alpha value is -0.860. The van der Waals surface area contributed by atoms with E-state index in [0.717, 1.165) is 13.0 Å². The molecule has 0 fully saturated rings. The minimum absolute atomic E-state index is 0.0925. The van der Waals surface area contributed by atoms with Gasteiger partial charge in [-0.2, -0.15) is 0 Å². The highest BCUT2D eigenvalue weighted by Crippen LogP contribution is 2.23. The van der Waals surface area contributed by atoms with Crippen LogP contribution in [-0.4, -0.2) is 13.7 Å². The van der Waals surface area contributed by atoms with Crippen molar-refractivity contribution in [3.05, 3.63) is 35.4 Å². The molecule has 12 heavy (non-hydrogen) atoms. The number of nitrogens with one attached hydrogen (secondary N) is 1. The van der Waals surface area contributed by atoms with Gasteiger partial charge < -0.3 is 4.74 Å². The Balaban J connectivity index is 2.37. The molecule has 0 aliphatic carbocycles. The second kappa shape index (κ2) is 3.25. The van der Waals surface area contributed by atoms with Crippen LogP contribution in [0.2, 0.25) is 0 Å². The van der Waals surface area contributed by atoms with E-state index in [1.54, 1.807) is 0 Å². The Labute approximate surface area is 72.5 Å². The molecule has 0 bridgehead atoms. The Morgan fingerprint density at radius 3 is 3.08 bits per heavy atom. The van der Waals surface area contributed by atoms with E-state index in [1.807, 2.05) is 7.05 Å². The molecule has 1 aliphatic rings. The molecule has 1 unspecified atom stereocenters. The van der Waals surface area contributed by atoms with Crippen LogP contribution in [0.4, 0.5) is 0 Å². The summed E-state index contributed by atoms with van der Waals surface area (Å²) in [6, 6.07) is 8.42. The number of benzene rings is 1. The van der Waals surface area contributed by atoms with Crippen molar-refractivity contribution in [3.63, 3.8) is 0 Å². The number of hydrogen-bond acceptors (Lipinski definition) is 2. The van der Waals surface area contributed by atoms with Crippen LogP contribution in [-0.2, 0) is 11.2 Å². The van der Waals surface area contributed by atoms with Gasteiger partial charge in [-0.05, 0) is 24.6 Å². The summed E-state index contributed by atoms with van der Waals surface area (Å²) in [4.78, 5) is 0. The van der Waals surface area contributed by atoms with Gasteiger partial charge in [0.25, 0.3) is 0 Å². The minimum atomic E-state index is 0.0925. The number of rotatable bonds is 1. The van der Waals surface area contributed by atoms with Crippen molar-refractivity contribution in [3.8, 4) is 0 Å². The van der Waals surface area contributed by atoms with Gasteiger partial charge in [0.05, 0.1) is 6.61 Å². The lowest BCUT2D eigenvalue weighted by atomic mass is 10.0. The van der Waals surface area contributed by atoms with Crippen molar-refractivity contribution in [1.82, 2.24) is 5.32 Å². The van der Waals surface area contributed by atoms with Gasteiger partial charge in [0.1, 0.15) is 6.23 Å². The molecular weight excluding hydrogens is 150 g/mol. The largest absolute Gasteiger partial charge is 0.359 e. The van der Waals surface area contributed by atoms with Crippen LogP contribution in [0.25, 0.3) is 0 Å². The Bertz CT molecular complexity index is 272. The van der Waals surface area contributed by atoms with E-state index < -0.39 is 0 Å². The Morgan fingerprint density at radius 2 is 2.25 bits per heavy atom. The van der Waals surface area contributed by atoms with Gasteiger partial charge in [0.15, 0.2) is 0 Å². The molecule has 0 spiro atoms. The predicted octanol–water partition coefficient (Wildman–Crippen LogP) is 1.48. The van der Waals surface area contributed by atoms with E-state index in [-0.39, 0.29) is 6.23 Å². The fourth-order valence-electron chi connectivity index (χ4n) is 1.63. The third kappa shape index (κ3) is 1.24.